The molecular weight excluding hydrogens is 256 g/mol. The van der Waals surface area contributed by atoms with E-state index in [0.29, 0.717) is 10.9 Å². The van der Waals surface area contributed by atoms with Crippen molar-refractivity contribution < 1.29 is 0 Å². The number of pyridine rings is 1. The Kier molecular flexibility index (Phi) is 4.56. The summed E-state index contributed by atoms with van der Waals surface area (Å²) in [7, 11) is 0. The van der Waals surface area contributed by atoms with Crippen molar-refractivity contribution in [2.24, 2.45) is 11.7 Å². The van der Waals surface area contributed by atoms with Crippen LogP contribution in [-0.4, -0.2) is 4.98 Å². The van der Waals surface area contributed by atoms with Crippen LogP contribution in [0.5, 0.6) is 0 Å². The monoisotopic (exact) mass is 274 g/mol. The minimum atomic E-state index is -0.277. The maximum absolute atomic E-state index is 6.27. The molecule has 0 aliphatic heterocycles. The lowest BCUT2D eigenvalue weighted by molar-refractivity contribution is 0.646. The Morgan fingerprint density at radius 3 is 2.68 bits per heavy atom. The number of halogens is 1. The molecule has 0 spiro atoms. The zero-order valence-electron chi connectivity index (χ0n) is 11.3. The van der Waals surface area contributed by atoms with Gasteiger partial charge in [-0.25, -0.2) is 0 Å². The SMILES string of the molecule is CC(C)Cc1cccc(C(N)c2ncccc2Cl)c1. The number of nitrogens with zero attached hydrogens (tertiary/aromatic N) is 1. The molecule has 1 aromatic carbocycles. The van der Waals surface area contributed by atoms with E-state index < -0.39 is 0 Å². The highest BCUT2D eigenvalue weighted by Crippen LogP contribution is 2.25. The van der Waals surface area contributed by atoms with Crippen LogP contribution in [0.25, 0.3) is 0 Å². The first-order valence-corrected chi connectivity index (χ1v) is 6.90. The Bertz CT molecular complexity index is 552. The van der Waals surface area contributed by atoms with Gasteiger partial charge in [0.1, 0.15) is 0 Å². The molecule has 1 atom stereocenters. The van der Waals surface area contributed by atoms with E-state index in [-0.39, 0.29) is 6.04 Å². The fourth-order valence-corrected chi connectivity index (χ4v) is 2.41. The van der Waals surface area contributed by atoms with Gasteiger partial charge in [0.15, 0.2) is 0 Å². The van der Waals surface area contributed by atoms with E-state index in [1.54, 1.807) is 6.20 Å². The molecule has 0 saturated carbocycles. The number of rotatable bonds is 4. The smallest absolute Gasteiger partial charge is 0.0802 e. The second kappa shape index (κ2) is 6.18. The van der Waals surface area contributed by atoms with E-state index in [1.807, 2.05) is 24.3 Å². The molecule has 2 aromatic rings. The van der Waals surface area contributed by atoms with Crippen LogP contribution in [0, 0.1) is 5.92 Å². The molecule has 2 nitrogen and oxygen atoms in total. The van der Waals surface area contributed by atoms with Crippen LogP contribution in [0.1, 0.15) is 36.7 Å². The Hall–Kier alpha value is -1.38. The van der Waals surface area contributed by atoms with Crippen molar-refractivity contribution in [2.75, 3.05) is 0 Å². The van der Waals surface area contributed by atoms with E-state index in [4.69, 9.17) is 17.3 Å². The van der Waals surface area contributed by atoms with Crippen molar-refractivity contribution in [3.05, 3.63) is 64.4 Å². The van der Waals surface area contributed by atoms with Gasteiger partial charge in [0, 0.05) is 6.20 Å². The number of benzene rings is 1. The maximum Gasteiger partial charge on any atom is 0.0802 e. The molecule has 0 aliphatic carbocycles. The number of aromatic nitrogens is 1. The molecule has 2 N–H and O–H groups in total. The first-order valence-electron chi connectivity index (χ1n) is 6.52. The number of hydrogen-bond acceptors (Lipinski definition) is 2. The second-order valence-corrected chi connectivity index (χ2v) is 5.60. The highest BCUT2D eigenvalue weighted by atomic mass is 35.5. The lowest BCUT2D eigenvalue weighted by atomic mass is 9.97. The summed E-state index contributed by atoms with van der Waals surface area (Å²) >= 11 is 6.15. The fraction of sp³-hybridized carbons (Fsp3) is 0.312. The standard InChI is InChI=1S/C16H19ClN2/c1-11(2)9-12-5-3-6-13(10-12)15(18)16-14(17)7-4-8-19-16/h3-8,10-11,15H,9,18H2,1-2H3. The third kappa shape index (κ3) is 3.55. The molecule has 100 valence electrons. The molecule has 0 radical (unpaired) electrons. The summed E-state index contributed by atoms with van der Waals surface area (Å²) in [6.45, 7) is 4.42. The summed E-state index contributed by atoms with van der Waals surface area (Å²) in [5.74, 6) is 0.630. The average Bonchev–Trinajstić information content (AvgIpc) is 2.38. The van der Waals surface area contributed by atoms with Gasteiger partial charge in [-0.3, -0.25) is 4.98 Å². The topological polar surface area (TPSA) is 38.9 Å². The van der Waals surface area contributed by atoms with E-state index >= 15 is 0 Å². The molecule has 0 saturated heterocycles. The first-order chi connectivity index (χ1) is 9.08. The third-order valence-electron chi connectivity index (χ3n) is 3.04. The largest absolute Gasteiger partial charge is 0.319 e. The minimum absolute atomic E-state index is 0.277. The van der Waals surface area contributed by atoms with E-state index in [1.165, 1.54) is 5.56 Å². The van der Waals surface area contributed by atoms with Gasteiger partial charge in [0.2, 0.25) is 0 Å². The molecule has 0 fully saturated rings. The molecule has 1 aromatic heterocycles. The third-order valence-corrected chi connectivity index (χ3v) is 3.36. The van der Waals surface area contributed by atoms with Crippen LogP contribution in [-0.2, 0) is 6.42 Å². The van der Waals surface area contributed by atoms with Gasteiger partial charge in [-0.15, -0.1) is 0 Å². The zero-order chi connectivity index (χ0) is 13.8. The summed E-state index contributed by atoms with van der Waals surface area (Å²) in [5.41, 5.74) is 9.35. The van der Waals surface area contributed by atoms with Gasteiger partial charge in [0.25, 0.3) is 0 Å². The number of nitrogens with two attached hydrogens (primary N) is 1. The van der Waals surface area contributed by atoms with Gasteiger partial charge in [-0.05, 0) is 35.6 Å². The van der Waals surface area contributed by atoms with E-state index in [0.717, 1.165) is 17.7 Å². The van der Waals surface area contributed by atoms with Crippen molar-refractivity contribution in [1.29, 1.82) is 0 Å². The molecule has 0 bridgehead atoms. The van der Waals surface area contributed by atoms with Crippen molar-refractivity contribution in [3.63, 3.8) is 0 Å². The average molecular weight is 275 g/mol. The molecule has 3 heteroatoms. The molecule has 19 heavy (non-hydrogen) atoms. The molecule has 1 unspecified atom stereocenters. The highest BCUT2D eigenvalue weighted by Gasteiger charge is 2.14. The number of hydrogen-bond donors (Lipinski definition) is 1. The first kappa shape index (κ1) is 14.0. The predicted octanol–water partition coefficient (Wildman–Crippen LogP) is 3.98. The molecule has 2 rings (SSSR count). The molecule has 0 amide bonds. The van der Waals surface area contributed by atoms with Crippen LogP contribution in [0.15, 0.2) is 42.6 Å². The molecule has 0 aliphatic rings. The van der Waals surface area contributed by atoms with E-state index in [9.17, 15) is 0 Å². The van der Waals surface area contributed by atoms with Gasteiger partial charge < -0.3 is 5.73 Å². The van der Waals surface area contributed by atoms with Crippen LogP contribution >= 0.6 is 11.6 Å². The van der Waals surface area contributed by atoms with Crippen LogP contribution < -0.4 is 5.73 Å². The summed E-state index contributed by atoms with van der Waals surface area (Å²) in [6.07, 6.45) is 2.77. The summed E-state index contributed by atoms with van der Waals surface area (Å²) in [6, 6.07) is 11.7. The minimum Gasteiger partial charge on any atom is -0.319 e. The Morgan fingerprint density at radius 1 is 1.21 bits per heavy atom. The molecule has 1 heterocycles. The van der Waals surface area contributed by atoms with Crippen molar-refractivity contribution in [1.82, 2.24) is 4.98 Å². The summed E-state index contributed by atoms with van der Waals surface area (Å²) in [5, 5.41) is 0.615. The lowest BCUT2D eigenvalue weighted by Crippen LogP contribution is -2.14. The Labute approximate surface area is 119 Å². The maximum atomic E-state index is 6.27. The second-order valence-electron chi connectivity index (χ2n) is 5.19. The van der Waals surface area contributed by atoms with Crippen LogP contribution in [0.3, 0.4) is 0 Å². The summed E-state index contributed by atoms with van der Waals surface area (Å²) in [4.78, 5) is 4.29. The van der Waals surface area contributed by atoms with Crippen LogP contribution in [0.2, 0.25) is 5.02 Å². The zero-order valence-corrected chi connectivity index (χ0v) is 12.1. The van der Waals surface area contributed by atoms with Gasteiger partial charge in [0.05, 0.1) is 16.8 Å². The quantitative estimate of drug-likeness (QED) is 0.916. The highest BCUT2D eigenvalue weighted by molar-refractivity contribution is 6.31. The van der Waals surface area contributed by atoms with Gasteiger partial charge in [-0.2, -0.15) is 0 Å². The fourth-order valence-electron chi connectivity index (χ4n) is 2.17. The van der Waals surface area contributed by atoms with Crippen molar-refractivity contribution >= 4 is 11.6 Å². The van der Waals surface area contributed by atoms with Crippen LogP contribution in [0.4, 0.5) is 0 Å². The van der Waals surface area contributed by atoms with E-state index in [2.05, 4.69) is 31.0 Å². The Morgan fingerprint density at radius 2 is 2.00 bits per heavy atom. The molecular formula is C16H19ClN2. The van der Waals surface area contributed by atoms with Gasteiger partial charge >= 0.3 is 0 Å². The predicted molar refractivity (Wildman–Crippen MR) is 80.3 cm³/mol. The lowest BCUT2D eigenvalue weighted by Gasteiger charge is -2.14. The van der Waals surface area contributed by atoms with Gasteiger partial charge in [-0.1, -0.05) is 49.7 Å². The normalized spacial score (nSPS) is 12.7. The van der Waals surface area contributed by atoms with Crippen molar-refractivity contribution in [3.8, 4) is 0 Å². The summed E-state index contributed by atoms with van der Waals surface area (Å²) < 4.78 is 0. The Balaban J connectivity index is 2.29. The van der Waals surface area contributed by atoms with Crippen molar-refractivity contribution in [2.45, 2.75) is 26.3 Å².